The first kappa shape index (κ1) is 19.4. The second-order valence-corrected chi connectivity index (χ2v) is 9.42. The van der Waals surface area contributed by atoms with Crippen molar-refractivity contribution in [3.8, 4) is 12.3 Å². The summed E-state index contributed by atoms with van der Waals surface area (Å²) in [7, 11) is 0. The van der Waals surface area contributed by atoms with Gasteiger partial charge in [0, 0.05) is 29.8 Å². The zero-order valence-corrected chi connectivity index (χ0v) is 17.7. The number of rotatable bonds is 4. The third kappa shape index (κ3) is 2.65. The predicted molar refractivity (Wildman–Crippen MR) is 118 cm³/mol. The lowest BCUT2D eigenvalue weighted by molar-refractivity contribution is -0.0911. The number of anilines is 1. The van der Waals surface area contributed by atoms with Crippen molar-refractivity contribution in [1.82, 2.24) is 14.5 Å². The van der Waals surface area contributed by atoms with E-state index in [1.54, 1.807) is 25.1 Å². The van der Waals surface area contributed by atoms with Crippen LogP contribution in [0.1, 0.15) is 54.2 Å². The van der Waals surface area contributed by atoms with Gasteiger partial charge in [0.25, 0.3) is 11.5 Å². The van der Waals surface area contributed by atoms with E-state index in [-0.39, 0.29) is 29.5 Å². The summed E-state index contributed by atoms with van der Waals surface area (Å²) in [6, 6.07) is 5.83. The summed E-state index contributed by atoms with van der Waals surface area (Å²) in [4.78, 5) is 21.8. The highest BCUT2D eigenvalue weighted by atomic mass is 19.3. The molecule has 1 N–H and O–H groups in total. The number of benzene rings is 1. The van der Waals surface area contributed by atoms with Crippen LogP contribution < -0.4 is 10.9 Å². The molecule has 32 heavy (non-hydrogen) atoms. The van der Waals surface area contributed by atoms with Crippen molar-refractivity contribution in [2.45, 2.75) is 56.5 Å². The number of pyridine rings is 1. The van der Waals surface area contributed by atoms with Crippen molar-refractivity contribution >= 4 is 16.7 Å². The Morgan fingerprint density at radius 3 is 2.75 bits per heavy atom. The van der Waals surface area contributed by atoms with Crippen LogP contribution in [0.2, 0.25) is 0 Å². The molecule has 162 valence electrons. The fourth-order valence-electron chi connectivity index (χ4n) is 5.69. The smallest absolute Gasteiger partial charge is 0.273 e. The molecule has 1 aromatic carbocycles. The molecule has 0 unspecified atom stereocenters. The number of terminal acetylenes is 1. The number of fused-ring (bicyclic) bond motifs is 2. The van der Waals surface area contributed by atoms with Gasteiger partial charge in [-0.05, 0) is 49.7 Å². The van der Waals surface area contributed by atoms with E-state index in [2.05, 4.69) is 21.2 Å². The fourth-order valence-corrected chi connectivity index (χ4v) is 5.69. The van der Waals surface area contributed by atoms with Gasteiger partial charge < -0.3 is 9.88 Å². The van der Waals surface area contributed by atoms with Gasteiger partial charge in [-0.2, -0.15) is 0 Å². The number of alkyl halides is 2. The van der Waals surface area contributed by atoms with E-state index in [0.29, 0.717) is 33.7 Å². The summed E-state index contributed by atoms with van der Waals surface area (Å²) in [5.74, 6) is 1.62. The number of nitrogens with zero attached hydrogens (tertiary/aromatic N) is 3. The van der Waals surface area contributed by atoms with E-state index in [1.807, 2.05) is 10.8 Å². The molecule has 0 aliphatic heterocycles. The summed E-state index contributed by atoms with van der Waals surface area (Å²) in [6.07, 6.45) is 10.9. The molecule has 1 atom stereocenters. The molecule has 0 amide bonds. The molecule has 3 fully saturated rings. The summed E-state index contributed by atoms with van der Waals surface area (Å²) in [5.41, 5.74) is 1.74. The summed E-state index contributed by atoms with van der Waals surface area (Å²) >= 11 is 0. The van der Waals surface area contributed by atoms with Gasteiger partial charge in [-0.25, -0.2) is 18.7 Å². The monoisotopic (exact) mass is 432 g/mol. The number of aryl methyl sites for hydroxylation is 1. The Labute approximate surface area is 183 Å². The maximum Gasteiger partial charge on any atom is 0.273 e. The lowest BCUT2D eigenvalue weighted by Gasteiger charge is -2.62. The molecule has 0 saturated heterocycles. The van der Waals surface area contributed by atoms with Crippen LogP contribution >= 0.6 is 0 Å². The second-order valence-electron chi connectivity index (χ2n) is 9.42. The van der Waals surface area contributed by atoms with Gasteiger partial charge in [0.1, 0.15) is 17.7 Å². The quantitative estimate of drug-likeness (QED) is 0.620. The van der Waals surface area contributed by atoms with Crippen LogP contribution in [0.25, 0.3) is 10.9 Å². The number of nitrogens with one attached hydrogen (secondary N) is 1. The highest BCUT2D eigenvalue weighted by molar-refractivity contribution is 5.88. The molecule has 5 nitrogen and oxygen atoms in total. The van der Waals surface area contributed by atoms with Crippen LogP contribution in [0.5, 0.6) is 0 Å². The Balaban J connectivity index is 1.45. The van der Waals surface area contributed by atoms with Crippen LogP contribution in [0, 0.1) is 25.2 Å². The molecule has 4 aliphatic rings. The average Bonchev–Trinajstić information content (AvgIpc) is 2.99. The van der Waals surface area contributed by atoms with Crippen LogP contribution in [-0.2, 0) is 17.9 Å². The highest BCUT2D eigenvalue weighted by Crippen LogP contribution is 2.61. The molecule has 0 radical (unpaired) electrons. The third-order valence-electron chi connectivity index (χ3n) is 7.41. The van der Waals surface area contributed by atoms with Crippen molar-refractivity contribution in [3.63, 3.8) is 0 Å². The minimum absolute atomic E-state index is 0.0539. The maximum absolute atomic E-state index is 14.3. The third-order valence-corrected chi connectivity index (χ3v) is 7.41. The summed E-state index contributed by atoms with van der Waals surface area (Å²) < 4.78 is 30.4. The molecule has 2 aromatic heterocycles. The minimum Gasteiger partial charge on any atom is -0.352 e. The van der Waals surface area contributed by atoms with E-state index in [4.69, 9.17) is 6.42 Å². The molecule has 4 aliphatic carbocycles. The number of aromatic nitrogens is 3. The highest BCUT2D eigenvalue weighted by Gasteiger charge is 2.58. The lowest BCUT2D eigenvalue weighted by Crippen LogP contribution is -2.61. The van der Waals surface area contributed by atoms with Crippen molar-refractivity contribution in [3.05, 3.63) is 63.3 Å². The molecular formula is C25H22F2N4O. The molecule has 2 bridgehead atoms. The van der Waals surface area contributed by atoms with Crippen LogP contribution in [0.15, 0.2) is 35.3 Å². The second kappa shape index (κ2) is 6.38. The molecule has 3 saturated carbocycles. The molecule has 7 heteroatoms. The topological polar surface area (TPSA) is 59.8 Å². The number of halogens is 2. The van der Waals surface area contributed by atoms with Gasteiger partial charge in [0.2, 0.25) is 0 Å². The van der Waals surface area contributed by atoms with Gasteiger partial charge in [0.05, 0.1) is 10.9 Å². The van der Waals surface area contributed by atoms with Crippen LogP contribution in [-0.4, -0.2) is 14.5 Å². The van der Waals surface area contributed by atoms with Crippen molar-refractivity contribution in [2.24, 2.45) is 5.92 Å². The molecule has 0 spiro atoms. The van der Waals surface area contributed by atoms with Crippen LogP contribution in [0.4, 0.5) is 14.6 Å². The predicted octanol–water partition coefficient (Wildman–Crippen LogP) is 4.43. The van der Waals surface area contributed by atoms with E-state index in [1.165, 1.54) is 6.07 Å². The SMILES string of the molecule is C#C[C@@H](Nc1nc(C)nc2cc(=O)n(C34CC(C3)C4)cc12)c1cccc2c1CCC2(F)F. The largest absolute Gasteiger partial charge is 0.352 e. The number of hydrogen-bond acceptors (Lipinski definition) is 4. The molecule has 2 heterocycles. The van der Waals surface area contributed by atoms with Gasteiger partial charge in [-0.3, -0.25) is 4.79 Å². The average molecular weight is 432 g/mol. The van der Waals surface area contributed by atoms with Gasteiger partial charge >= 0.3 is 0 Å². The number of hydrogen-bond donors (Lipinski definition) is 1. The molecule has 7 rings (SSSR count). The van der Waals surface area contributed by atoms with Gasteiger partial charge in [0.15, 0.2) is 0 Å². The van der Waals surface area contributed by atoms with Gasteiger partial charge in [-0.1, -0.05) is 24.1 Å². The Hall–Kier alpha value is -3.27. The Kier molecular flexibility index (Phi) is 3.87. The first-order valence-electron chi connectivity index (χ1n) is 10.9. The first-order chi connectivity index (χ1) is 15.3. The zero-order valence-electron chi connectivity index (χ0n) is 17.7. The Morgan fingerprint density at radius 2 is 2.06 bits per heavy atom. The van der Waals surface area contributed by atoms with E-state index in [0.717, 1.165) is 25.2 Å². The minimum atomic E-state index is -2.83. The first-order valence-corrected chi connectivity index (χ1v) is 10.9. The zero-order chi connectivity index (χ0) is 22.3. The summed E-state index contributed by atoms with van der Waals surface area (Å²) in [5, 5.41) is 3.99. The maximum atomic E-state index is 14.3. The van der Waals surface area contributed by atoms with Crippen molar-refractivity contribution in [1.29, 1.82) is 0 Å². The van der Waals surface area contributed by atoms with Crippen molar-refractivity contribution in [2.75, 3.05) is 5.32 Å². The Morgan fingerprint density at radius 1 is 1.28 bits per heavy atom. The normalized spacial score (nSPS) is 25.4. The fraction of sp³-hybridized carbons (Fsp3) is 0.400. The van der Waals surface area contributed by atoms with Crippen LogP contribution in [0.3, 0.4) is 0 Å². The Bertz CT molecular complexity index is 1370. The van der Waals surface area contributed by atoms with Crippen molar-refractivity contribution < 1.29 is 8.78 Å². The van der Waals surface area contributed by atoms with E-state index in [9.17, 15) is 13.6 Å². The molecule has 3 aromatic rings. The summed E-state index contributed by atoms with van der Waals surface area (Å²) in [6.45, 7) is 1.75. The lowest BCUT2D eigenvalue weighted by atomic mass is 9.49. The van der Waals surface area contributed by atoms with Gasteiger partial charge in [-0.15, -0.1) is 6.42 Å². The van der Waals surface area contributed by atoms with E-state index >= 15 is 0 Å². The molecular weight excluding hydrogens is 410 g/mol. The standard InChI is InChI=1S/C25H22F2N4O/c1-3-20(17-5-4-6-19-16(17)7-8-25(19,26)27)30-23-18-13-31(24-10-15(11-24)12-24)22(32)9-21(18)28-14(2)29-23/h1,4-6,9,13,15,20H,7-8,10-12H2,2H3,(H,28,29,30)/t15?,20-,24?/m1/s1. The van der Waals surface area contributed by atoms with E-state index < -0.39 is 12.0 Å².